The number of nitrogens with zero attached hydrogens (tertiary/aromatic N) is 4. The van der Waals surface area contributed by atoms with Crippen molar-refractivity contribution in [2.45, 2.75) is 68.9 Å². The van der Waals surface area contributed by atoms with E-state index in [4.69, 9.17) is 4.74 Å². The maximum absolute atomic E-state index is 13.7. The van der Waals surface area contributed by atoms with E-state index in [1.54, 1.807) is 17.4 Å². The van der Waals surface area contributed by atoms with Crippen molar-refractivity contribution in [1.82, 2.24) is 35.3 Å². The molecule has 4 fully saturated rings. The summed E-state index contributed by atoms with van der Waals surface area (Å²) in [6.07, 6.45) is -1.02. The zero-order valence-corrected chi connectivity index (χ0v) is 20.6. The molecular weight excluding hydrogens is 486 g/mol. The summed E-state index contributed by atoms with van der Waals surface area (Å²) in [4.78, 5) is 64.1. The molecule has 4 amide bonds. The second kappa shape index (κ2) is 10.4. The van der Waals surface area contributed by atoms with E-state index >= 15 is 0 Å². The minimum absolute atomic E-state index is 0.0228. The van der Waals surface area contributed by atoms with Crippen LogP contribution in [0.5, 0.6) is 0 Å². The summed E-state index contributed by atoms with van der Waals surface area (Å²) in [6.45, 7) is 2.60. The molecule has 0 saturated carbocycles. The first-order valence-electron chi connectivity index (χ1n) is 12.6. The average Bonchev–Trinajstić information content (AvgIpc) is 3.58. The number of H-pyrrole nitrogens is 1. The summed E-state index contributed by atoms with van der Waals surface area (Å²) in [6, 6.07) is -1.77. The van der Waals surface area contributed by atoms with Crippen LogP contribution in [0.2, 0.25) is 0 Å². The number of carbonyl (C=O) groups excluding carboxylic acids is 4. The molecule has 1 aromatic rings. The quantitative estimate of drug-likeness (QED) is 0.265. The fourth-order valence-electron chi connectivity index (χ4n) is 5.78. The van der Waals surface area contributed by atoms with E-state index in [9.17, 15) is 29.4 Å². The molecule has 4 saturated heterocycles. The van der Waals surface area contributed by atoms with Gasteiger partial charge in [0.1, 0.15) is 24.4 Å². The van der Waals surface area contributed by atoms with Gasteiger partial charge in [-0.25, -0.2) is 4.98 Å². The highest BCUT2D eigenvalue weighted by Crippen LogP contribution is 2.26. The monoisotopic (exact) mass is 519 g/mol. The lowest BCUT2D eigenvalue weighted by Gasteiger charge is -2.41. The van der Waals surface area contributed by atoms with Crippen LogP contribution in [0.1, 0.15) is 25.5 Å². The first-order valence-corrected chi connectivity index (χ1v) is 12.6. The van der Waals surface area contributed by atoms with E-state index < -0.39 is 42.4 Å². The maximum Gasteiger partial charge on any atom is 0.244 e. The van der Waals surface area contributed by atoms with E-state index in [0.717, 1.165) is 5.69 Å². The molecule has 5 N–H and O–H groups in total. The van der Waals surface area contributed by atoms with E-state index in [1.807, 2.05) is 4.90 Å². The molecule has 7 atom stereocenters. The molecule has 0 aliphatic carbocycles. The molecule has 5 heterocycles. The van der Waals surface area contributed by atoms with Crippen molar-refractivity contribution in [3.8, 4) is 0 Å². The van der Waals surface area contributed by atoms with Crippen LogP contribution in [0.25, 0.3) is 0 Å². The number of hydrogen-bond acceptors (Lipinski definition) is 9. The van der Waals surface area contributed by atoms with Gasteiger partial charge < -0.3 is 40.4 Å². The van der Waals surface area contributed by atoms with Crippen LogP contribution < -0.4 is 10.6 Å². The fraction of sp³-hybridized carbons (Fsp3) is 0.696. The lowest BCUT2D eigenvalue weighted by molar-refractivity contribution is -0.149. The standard InChI is InChI=1S/C23H33N7O7/c1-12(31)30-3-2-28-10-16(30)22(35)25-7-18-21(34)20(33)17(37-18)5-19(32)27-13-4-15(23(28)36)29(8-13)9-14-6-24-11-26-14/h6,11,13,15-18,20-21,33-34H,2-5,7-10H2,1H3,(H,24,26)(H,25,35)(H,27,32)/t13-,15-,16-,17-,18+,20-,21+/m0/s1. The molecule has 202 valence electrons. The summed E-state index contributed by atoms with van der Waals surface area (Å²) in [5.74, 6) is -1.29. The number of piperazine rings is 1. The Bertz CT molecular complexity index is 1040. The van der Waals surface area contributed by atoms with Crippen LogP contribution in [0.4, 0.5) is 0 Å². The summed E-state index contributed by atoms with van der Waals surface area (Å²) in [7, 11) is 0. The fourth-order valence-corrected chi connectivity index (χ4v) is 5.78. The molecule has 0 spiro atoms. The van der Waals surface area contributed by atoms with Gasteiger partial charge in [-0.3, -0.25) is 24.1 Å². The molecule has 14 heteroatoms. The summed E-state index contributed by atoms with van der Waals surface area (Å²) >= 11 is 0. The number of aromatic nitrogens is 2. The number of nitrogens with one attached hydrogen (secondary N) is 3. The zero-order chi connectivity index (χ0) is 26.3. The van der Waals surface area contributed by atoms with Crippen LogP contribution in [0, 0.1) is 0 Å². The Labute approximate surface area is 213 Å². The molecule has 5 rings (SSSR count). The smallest absolute Gasteiger partial charge is 0.244 e. The van der Waals surface area contributed by atoms with Gasteiger partial charge in [-0.1, -0.05) is 0 Å². The van der Waals surface area contributed by atoms with Crippen molar-refractivity contribution in [3.05, 3.63) is 18.2 Å². The summed E-state index contributed by atoms with van der Waals surface area (Å²) in [5, 5.41) is 26.5. The highest BCUT2D eigenvalue weighted by Gasteiger charge is 2.46. The molecule has 14 nitrogen and oxygen atoms in total. The van der Waals surface area contributed by atoms with Crippen LogP contribution in [0.15, 0.2) is 12.5 Å². The minimum Gasteiger partial charge on any atom is -0.388 e. The molecular formula is C23H33N7O7. The van der Waals surface area contributed by atoms with E-state index in [-0.39, 0.29) is 56.4 Å². The lowest BCUT2D eigenvalue weighted by Crippen LogP contribution is -2.63. The van der Waals surface area contributed by atoms with Crippen molar-refractivity contribution >= 4 is 23.6 Å². The lowest BCUT2D eigenvalue weighted by atomic mass is 10.0. The molecule has 0 radical (unpaired) electrons. The predicted octanol–water partition coefficient (Wildman–Crippen LogP) is -3.46. The Hall–Kier alpha value is -3.07. The second-order valence-corrected chi connectivity index (χ2v) is 10.2. The van der Waals surface area contributed by atoms with Gasteiger partial charge in [0.25, 0.3) is 0 Å². The van der Waals surface area contributed by atoms with Crippen molar-refractivity contribution in [1.29, 1.82) is 0 Å². The maximum atomic E-state index is 13.7. The van der Waals surface area contributed by atoms with Gasteiger partial charge in [-0.15, -0.1) is 0 Å². The average molecular weight is 520 g/mol. The molecule has 6 bridgehead atoms. The van der Waals surface area contributed by atoms with Gasteiger partial charge in [0.05, 0.1) is 31.4 Å². The number of rotatable bonds is 2. The van der Waals surface area contributed by atoms with Crippen molar-refractivity contribution < 1.29 is 34.1 Å². The number of fused-ring (bicyclic) bond motifs is 6. The third kappa shape index (κ3) is 5.19. The first-order chi connectivity index (χ1) is 17.7. The van der Waals surface area contributed by atoms with Crippen molar-refractivity contribution in [2.75, 3.05) is 32.7 Å². The molecule has 1 aromatic heterocycles. The number of aliphatic hydroxyl groups is 2. The topological polar surface area (TPSA) is 180 Å². The number of amides is 4. The number of aliphatic hydroxyl groups excluding tert-OH is 2. The third-order valence-corrected chi connectivity index (χ3v) is 7.71. The van der Waals surface area contributed by atoms with Crippen LogP contribution in [-0.4, -0.2) is 134 Å². The number of hydrogen-bond donors (Lipinski definition) is 5. The first kappa shape index (κ1) is 25.6. The van der Waals surface area contributed by atoms with Gasteiger partial charge in [0, 0.05) is 57.6 Å². The number of ether oxygens (including phenoxy) is 1. The molecule has 0 aromatic carbocycles. The van der Waals surface area contributed by atoms with Crippen LogP contribution in [0.3, 0.4) is 0 Å². The number of likely N-dealkylation sites (tertiary alicyclic amines) is 1. The van der Waals surface area contributed by atoms with Gasteiger partial charge in [0.2, 0.25) is 23.6 Å². The summed E-state index contributed by atoms with van der Waals surface area (Å²) < 4.78 is 5.73. The highest BCUT2D eigenvalue weighted by atomic mass is 16.5. The van der Waals surface area contributed by atoms with Crippen LogP contribution >= 0.6 is 0 Å². The van der Waals surface area contributed by atoms with Gasteiger partial charge in [0.15, 0.2) is 0 Å². The SMILES string of the molecule is CC(=O)N1CCN2C[C@H]1C(=O)NC[C@H]1O[C@@H](CC(=O)N[C@H]3C[C@@H](C2=O)N(Cc2cnc[nH]2)C3)[C@H](O)[C@@H]1O. The molecule has 0 unspecified atom stereocenters. The van der Waals surface area contributed by atoms with Gasteiger partial charge >= 0.3 is 0 Å². The molecule has 4 aliphatic rings. The number of imidazole rings is 1. The Morgan fingerprint density at radius 1 is 1.14 bits per heavy atom. The van der Waals surface area contributed by atoms with E-state index in [2.05, 4.69) is 20.6 Å². The molecule has 4 aliphatic heterocycles. The Morgan fingerprint density at radius 3 is 2.65 bits per heavy atom. The molecule has 37 heavy (non-hydrogen) atoms. The van der Waals surface area contributed by atoms with Gasteiger partial charge in [-0.05, 0) is 6.42 Å². The van der Waals surface area contributed by atoms with Crippen molar-refractivity contribution in [3.63, 3.8) is 0 Å². The summed E-state index contributed by atoms with van der Waals surface area (Å²) in [5.41, 5.74) is 0.817. The highest BCUT2D eigenvalue weighted by molar-refractivity contribution is 5.89. The largest absolute Gasteiger partial charge is 0.388 e. The van der Waals surface area contributed by atoms with E-state index in [1.165, 1.54) is 11.8 Å². The Balaban J connectivity index is 1.42. The Kier molecular flexibility index (Phi) is 7.16. The normalized spacial score (nSPS) is 35.4. The van der Waals surface area contributed by atoms with E-state index in [0.29, 0.717) is 19.5 Å². The van der Waals surface area contributed by atoms with Crippen molar-refractivity contribution in [2.24, 2.45) is 0 Å². The van der Waals surface area contributed by atoms with Gasteiger partial charge in [-0.2, -0.15) is 0 Å². The zero-order valence-electron chi connectivity index (χ0n) is 20.6. The third-order valence-electron chi connectivity index (χ3n) is 7.71. The Morgan fingerprint density at radius 2 is 1.92 bits per heavy atom. The minimum atomic E-state index is -1.29. The number of carbonyl (C=O) groups is 4. The predicted molar refractivity (Wildman–Crippen MR) is 125 cm³/mol. The van der Waals surface area contributed by atoms with Crippen LogP contribution in [-0.2, 0) is 30.5 Å². The number of aromatic amines is 1. The second-order valence-electron chi connectivity index (χ2n) is 10.2.